The van der Waals surface area contributed by atoms with Gasteiger partial charge in [-0.15, -0.1) is 5.16 Å². The number of oxime groups is 1. The minimum atomic E-state index is 0. The van der Waals surface area contributed by atoms with Gasteiger partial charge in [0.05, 0.1) is 0 Å². The van der Waals surface area contributed by atoms with Crippen LogP contribution in [0.4, 0.5) is 0 Å². The van der Waals surface area contributed by atoms with E-state index < -0.39 is 0 Å². The Morgan fingerprint density at radius 2 is 2.33 bits per heavy atom. The van der Waals surface area contributed by atoms with E-state index in [2.05, 4.69) is 5.16 Å². The molecule has 0 fully saturated rings. The maximum Gasteiger partial charge on any atom is 0 e. The molecule has 0 saturated heterocycles. The molecule has 0 aromatic heterocycles. The summed E-state index contributed by atoms with van der Waals surface area (Å²) in [6, 6.07) is 0. The average Bonchev–Trinajstić information content (AvgIpc) is 1.41. The van der Waals surface area contributed by atoms with Gasteiger partial charge in [0, 0.05) is 32.7 Å². The Labute approximate surface area is 60.3 Å². The van der Waals surface area contributed by atoms with Gasteiger partial charge in [-0.05, 0) is 0 Å². The predicted molar refractivity (Wildman–Crippen MR) is 16.0 cm³/mol. The van der Waals surface area contributed by atoms with E-state index in [1.54, 1.807) is 0 Å². The molecule has 0 rings (SSSR count). The summed E-state index contributed by atoms with van der Waals surface area (Å²) in [6.45, 7) is 0. The third-order valence-electron chi connectivity index (χ3n) is 0.110. The summed E-state index contributed by atoms with van der Waals surface area (Å²) in [7, 11) is 0. The fourth-order valence-corrected chi connectivity index (χ4v) is 0.0236. The molecule has 0 atom stereocenters. The van der Waals surface area contributed by atoms with E-state index in [1.165, 1.54) is 6.29 Å². The first-order chi connectivity index (χ1) is 2.41. The van der Waals surface area contributed by atoms with Gasteiger partial charge >= 0.3 is 0 Å². The molecule has 0 aliphatic carbocycles. The molecule has 0 heterocycles. The maximum atomic E-state index is 8.97. The fraction of sp³-hybridized carbons (Fsp3) is 0. The summed E-state index contributed by atoms with van der Waals surface area (Å²) in [4.78, 5) is 8.97. The minimum Gasteiger partial charge on any atom is -0.536 e. The van der Waals surface area contributed by atoms with E-state index in [4.69, 9.17) is 10.0 Å². The van der Waals surface area contributed by atoms with Crippen molar-refractivity contribution in [2.24, 2.45) is 5.16 Å². The Hall–Kier alpha value is 0.244. The number of carbonyl (C=O) groups excluding carboxylic acids is 1. The van der Waals surface area contributed by atoms with E-state index in [1.807, 2.05) is 0 Å². The molecule has 1 N–H and O–H groups in total. The molecule has 1 radical (unpaired) electrons. The van der Waals surface area contributed by atoms with Crippen molar-refractivity contribution < 1.29 is 42.7 Å². The normalized spacial score (nSPS) is 7.33. The number of rotatable bonds is 1. The van der Waals surface area contributed by atoms with Gasteiger partial charge in [-0.2, -0.15) is 0 Å². The molecule has 0 aromatic carbocycles. The zero-order valence-corrected chi connectivity index (χ0v) is 5.80. The quantitative estimate of drug-likeness (QED) is 0.245. The largest absolute Gasteiger partial charge is 0.536 e. The topological polar surface area (TPSA) is 49.7 Å². The third-order valence-corrected chi connectivity index (χ3v) is 0.110. The molecule has 0 amide bonds. The summed E-state index contributed by atoms with van der Waals surface area (Å²) in [5.41, 5.74) is 0. The van der Waals surface area contributed by atoms with Gasteiger partial charge in [0.25, 0.3) is 0 Å². The van der Waals surface area contributed by atoms with Crippen LogP contribution in [0.2, 0.25) is 0 Å². The van der Waals surface area contributed by atoms with Gasteiger partial charge in [0.2, 0.25) is 0 Å². The zero-order valence-electron chi connectivity index (χ0n) is 2.96. The molecule has 6 heavy (non-hydrogen) atoms. The first-order valence-electron chi connectivity index (χ1n) is 0.951. The van der Waals surface area contributed by atoms with Crippen LogP contribution in [-0.2, 0) is 37.5 Å². The Balaban J connectivity index is 0. The van der Waals surface area contributed by atoms with Crippen molar-refractivity contribution in [1.82, 2.24) is 0 Å². The minimum absolute atomic E-state index is 0. The van der Waals surface area contributed by atoms with Crippen LogP contribution >= 0.6 is 0 Å². The van der Waals surface area contributed by atoms with Gasteiger partial charge in [0.1, 0.15) is 0 Å². The van der Waals surface area contributed by atoms with Gasteiger partial charge in [-0.3, -0.25) is 0 Å². The molecule has 0 unspecified atom stereocenters. The van der Waals surface area contributed by atoms with E-state index in [-0.39, 0.29) is 32.7 Å². The van der Waals surface area contributed by atoms with Crippen molar-refractivity contribution in [1.29, 1.82) is 0 Å². The first-order valence-corrected chi connectivity index (χ1v) is 0.951. The number of hydrogen-bond acceptors (Lipinski definition) is 3. The second-order valence-electron chi connectivity index (χ2n) is 0.362. The summed E-state index contributed by atoms with van der Waals surface area (Å²) >= 11 is 0. The second-order valence-corrected chi connectivity index (χ2v) is 0.362. The molecular formula is C2H2NO2Y-. The average molecular weight is 161 g/mol. The van der Waals surface area contributed by atoms with Crippen molar-refractivity contribution >= 4 is 12.5 Å². The fourth-order valence-electron chi connectivity index (χ4n) is 0.0236. The summed E-state index contributed by atoms with van der Waals surface area (Å²) in [6.07, 6.45) is 1.85. The summed E-state index contributed by atoms with van der Waals surface area (Å²) in [5, 5.41) is 9.68. The molecule has 3 nitrogen and oxygen atoms in total. The third kappa shape index (κ3) is 8.87. The maximum absolute atomic E-state index is 8.97. The molecule has 0 aromatic rings. The van der Waals surface area contributed by atoms with E-state index >= 15 is 0 Å². The van der Waals surface area contributed by atoms with Crippen LogP contribution in [0.3, 0.4) is 0 Å². The van der Waals surface area contributed by atoms with Crippen LogP contribution in [0.5, 0.6) is 0 Å². The van der Waals surface area contributed by atoms with Crippen LogP contribution in [0.1, 0.15) is 0 Å². The van der Waals surface area contributed by atoms with Crippen LogP contribution in [0, 0.1) is 0 Å². The standard InChI is InChI=1S/C2H2NO2.Y/c4-2-1-3-5;/h1,5H;/q-1;/b3-1+;. The summed E-state index contributed by atoms with van der Waals surface area (Å²) in [5.74, 6) is 0. The van der Waals surface area contributed by atoms with Gasteiger partial charge in [-0.1, -0.05) is 6.21 Å². The molecule has 0 aliphatic rings. The van der Waals surface area contributed by atoms with E-state index in [9.17, 15) is 0 Å². The molecule has 0 bridgehead atoms. The number of hydrogen-bond donors (Lipinski definition) is 1. The molecule has 4 heteroatoms. The van der Waals surface area contributed by atoms with Crippen LogP contribution in [-0.4, -0.2) is 17.7 Å². The SMILES string of the molecule is O=[C-]/C=N/O.[Y]. The van der Waals surface area contributed by atoms with E-state index in [0.717, 1.165) is 0 Å². The smallest absolute Gasteiger partial charge is 0 e. The van der Waals surface area contributed by atoms with Crippen molar-refractivity contribution in [3.05, 3.63) is 0 Å². The van der Waals surface area contributed by atoms with Crippen molar-refractivity contribution in [3.63, 3.8) is 0 Å². The van der Waals surface area contributed by atoms with Gasteiger partial charge in [0.15, 0.2) is 0 Å². The Kier molecular flexibility index (Phi) is 14.3. The van der Waals surface area contributed by atoms with Gasteiger partial charge < -0.3 is 10.0 Å². The number of nitrogens with zero attached hydrogens (tertiary/aromatic N) is 1. The van der Waals surface area contributed by atoms with Crippen LogP contribution in [0.15, 0.2) is 5.16 Å². The van der Waals surface area contributed by atoms with E-state index in [0.29, 0.717) is 6.21 Å². The van der Waals surface area contributed by atoms with Crippen molar-refractivity contribution in [2.45, 2.75) is 0 Å². The zero-order chi connectivity index (χ0) is 4.12. The second kappa shape index (κ2) is 8.98. The Morgan fingerprint density at radius 3 is 2.33 bits per heavy atom. The predicted octanol–water partition coefficient (Wildman–Crippen LogP) is -0.446. The Morgan fingerprint density at radius 1 is 1.83 bits per heavy atom. The molecule has 0 saturated carbocycles. The molecule has 31 valence electrons. The van der Waals surface area contributed by atoms with Crippen LogP contribution < -0.4 is 0 Å². The first kappa shape index (κ1) is 9.53. The van der Waals surface area contributed by atoms with Crippen LogP contribution in [0.25, 0.3) is 0 Å². The van der Waals surface area contributed by atoms with Gasteiger partial charge in [-0.25, -0.2) is 6.29 Å². The van der Waals surface area contributed by atoms with Crippen molar-refractivity contribution in [3.8, 4) is 0 Å². The van der Waals surface area contributed by atoms with Crippen molar-refractivity contribution in [2.75, 3.05) is 0 Å². The Bertz CT molecular complexity index is 53.5. The molecule has 0 aliphatic heterocycles. The summed E-state index contributed by atoms with van der Waals surface area (Å²) < 4.78 is 0. The monoisotopic (exact) mass is 161 g/mol. The molecular weight excluding hydrogens is 159 g/mol. The molecule has 0 spiro atoms.